The Hall–Kier alpha value is -0.900. The Morgan fingerprint density at radius 3 is 2.75 bits per heavy atom. The smallest absolute Gasteiger partial charge is 0.138 e. The van der Waals surface area contributed by atoms with E-state index in [-0.39, 0.29) is 0 Å². The van der Waals surface area contributed by atoms with E-state index in [1.54, 1.807) is 6.33 Å². The Balaban J connectivity index is 2.10. The molecular formula is C12H22N4. The van der Waals surface area contributed by atoms with Crippen LogP contribution < -0.4 is 5.32 Å². The lowest BCUT2D eigenvalue weighted by molar-refractivity contribution is 0.144. The first-order chi connectivity index (χ1) is 7.67. The van der Waals surface area contributed by atoms with Crippen LogP contribution in [0.4, 0.5) is 0 Å². The van der Waals surface area contributed by atoms with E-state index in [1.807, 2.05) is 0 Å². The van der Waals surface area contributed by atoms with Crippen LogP contribution in [0.25, 0.3) is 0 Å². The molecule has 0 radical (unpaired) electrons. The Morgan fingerprint density at radius 2 is 2.25 bits per heavy atom. The molecule has 0 atom stereocenters. The fourth-order valence-electron chi connectivity index (χ4n) is 2.57. The van der Waals surface area contributed by atoms with Crippen LogP contribution in [-0.2, 0) is 6.42 Å². The van der Waals surface area contributed by atoms with Crippen molar-refractivity contribution in [1.29, 1.82) is 0 Å². The molecular weight excluding hydrogens is 200 g/mol. The third-order valence-corrected chi connectivity index (χ3v) is 3.45. The van der Waals surface area contributed by atoms with Crippen molar-refractivity contribution < 1.29 is 0 Å². The molecule has 0 unspecified atom stereocenters. The Kier molecular flexibility index (Phi) is 3.28. The molecule has 1 aromatic rings. The van der Waals surface area contributed by atoms with Gasteiger partial charge in [0.05, 0.1) is 0 Å². The number of hydrogen-bond donors (Lipinski definition) is 1. The molecule has 0 aliphatic carbocycles. The van der Waals surface area contributed by atoms with Crippen molar-refractivity contribution in [3.8, 4) is 0 Å². The van der Waals surface area contributed by atoms with Crippen LogP contribution >= 0.6 is 0 Å². The van der Waals surface area contributed by atoms with Crippen molar-refractivity contribution in [2.75, 3.05) is 13.1 Å². The predicted molar refractivity (Wildman–Crippen MR) is 64.3 cm³/mol. The van der Waals surface area contributed by atoms with Crippen LogP contribution in [0.1, 0.15) is 45.5 Å². The normalized spacial score (nSPS) is 18.8. The second kappa shape index (κ2) is 4.53. The molecule has 0 amide bonds. The second-order valence-electron chi connectivity index (χ2n) is 5.24. The van der Waals surface area contributed by atoms with Gasteiger partial charge >= 0.3 is 0 Å². The number of hydrogen-bond acceptors (Lipinski definition) is 3. The lowest BCUT2D eigenvalue weighted by Gasteiger charge is -2.42. The van der Waals surface area contributed by atoms with E-state index in [4.69, 9.17) is 0 Å². The summed E-state index contributed by atoms with van der Waals surface area (Å²) in [5.74, 6) is 1.14. The fourth-order valence-corrected chi connectivity index (χ4v) is 2.57. The Labute approximate surface area is 97.5 Å². The van der Waals surface area contributed by atoms with Crippen molar-refractivity contribution in [3.63, 3.8) is 0 Å². The first-order valence-corrected chi connectivity index (χ1v) is 6.26. The molecule has 16 heavy (non-hydrogen) atoms. The average Bonchev–Trinajstić information content (AvgIpc) is 2.62. The second-order valence-corrected chi connectivity index (χ2v) is 5.24. The van der Waals surface area contributed by atoms with Crippen molar-refractivity contribution in [2.45, 2.75) is 46.1 Å². The summed E-state index contributed by atoms with van der Waals surface area (Å²) in [4.78, 5) is 4.41. The Morgan fingerprint density at radius 1 is 1.50 bits per heavy atom. The van der Waals surface area contributed by atoms with Gasteiger partial charge in [0.15, 0.2) is 0 Å². The van der Waals surface area contributed by atoms with E-state index in [0.717, 1.165) is 25.3 Å². The molecule has 0 aromatic carbocycles. The maximum absolute atomic E-state index is 4.41. The van der Waals surface area contributed by atoms with Gasteiger partial charge in [-0.1, -0.05) is 13.3 Å². The highest BCUT2D eigenvalue weighted by Gasteiger charge is 2.37. The monoisotopic (exact) mass is 222 g/mol. The summed E-state index contributed by atoms with van der Waals surface area (Å²) < 4.78 is 2.05. The molecule has 0 bridgehead atoms. The number of nitrogens with zero attached hydrogens (tertiary/aromatic N) is 3. The molecule has 0 saturated carbocycles. The van der Waals surface area contributed by atoms with Gasteiger partial charge in [-0.2, -0.15) is 5.10 Å². The van der Waals surface area contributed by atoms with Crippen LogP contribution in [0.3, 0.4) is 0 Å². The minimum absolute atomic E-state index is 0.407. The van der Waals surface area contributed by atoms with Crippen molar-refractivity contribution in [2.24, 2.45) is 5.41 Å². The molecule has 1 aliphatic rings. The summed E-state index contributed by atoms with van der Waals surface area (Å²) >= 11 is 0. The summed E-state index contributed by atoms with van der Waals surface area (Å²) in [5, 5.41) is 7.69. The van der Waals surface area contributed by atoms with Crippen LogP contribution in [0.2, 0.25) is 0 Å². The molecule has 0 spiro atoms. The summed E-state index contributed by atoms with van der Waals surface area (Å²) in [6, 6.07) is 0.407. The lowest BCUT2D eigenvalue weighted by atomic mass is 9.75. The molecule has 1 fully saturated rings. The largest absolute Gasteiger partial charge is 0.316 e. The van der Waals surface area contributed by atoms with Gasteiger partial charge in [0.25, 0.3) is 0 Å². The molecule has 1 aromatic heterocycles. The van der Waals surface area contributed by atoms with E-state index in [9.17, 15) is 0 Å². The van der Waals surface area contributed by atoms with Crippen LogP contribution in [0.15, 0.2) is 6.33 Å². The lowest BCUT2D eigenvalue weighted by Crippen LogP contribution is -2.54. The zero-order chi connectivity index (χ0) is 11.6. The highest BCUT2D eigenvalue weighted by Crippen LogP contribution is 2.32. The number of nitrogens with one attached hydrogen (secondary N) is 1. The molecule has 1 aliphatic heterocycles. The molecule has 2 heterocycles. The number of rotatable bonds is 5. The third-order valence-electron chi connectivity index (χ3n) is 3.45. The maximum atomic E-state index is 4.41. The minimum atomic E-state index is 0.407. The first kappa shape index (κ1) is 11.6. The summed E-state index contributed by atoms with van der Waals surface area (Å²) in [5.41, 5.74) is 0.439. The van der Waals surface area contributed by atoms with Crippen LogP contribution in [0.5, 0.6) is 0 Å². The molecule has 2 rings (SSSR count). The first-order valence-electron chi connectivity index (χ1n) is 6.26. The quantitative estimate of drug-likeness (QED) is 0.826. The predicted octanol–water partition coefficient (Wildman–Crippen LogP) is 1.79. The molecule has 1 saturated heterocycles. The van der Waals surface area contributed by atoms with E-state index in [2.05, 4.69) is 40.9 Å². The minimum Gasteiger partial charge on any atom is -0.316 e. The highest BCUT2D eigenvalue weighted by molar-refractivity contribution is 5.01. The van der Waals surface area contributed by atoms with Gasteiger partial charge in [-0.05, 0) is 20.3 Å². The highest BCUT2D eigenvalue weighted by atomic mass is 15.3. The number of aromatic nitrogens is 3. The molecule has 4 heteroatoms. The van der Waals surface area contributed by atoms with Crippen LogP contribution in [0, 0.1) is 5.41 Å². The average molecular weight is 222 g/mol. The van der Waals surface area contributed by atoms with Gasteiger partial charge in [-0.15, -0.1) is 0 Å². The van der Waals surface area contributed by atoms with Gasteiger partial charge in [0.1, 0.15) is 12.2 Å². The Bertz CT molecular complexity index is 339. The van der Waals surface area contributed by atoms with E-state index < -0.39 is 0 Å². The molecule has 1 N–H and O–H groups in total. The topological polar surface area (TPSA) is 42.7 Å². The van der Waals surface area contributed by atoms with Gasteiger partial charge < -0.3 is 5.32 Å². The summed E-state index contributed by atoms with van der Waals surface area (Å²) in [6.07, 6.45) is 5.27. The fraction of sp³-hybridized carbons (Fsp3) is 0.833. The SMILES string of the molecule is CCCC1(Cc2ncnn2C(C)C)CNC1. The zero-order valence-electron chi connectivity index (χ0n) is 10.5. The van der Waals surface area contributed by atoms with Crippen LogP contribution in [-0.4, -0.2) is 27.9 Å². The standard InChI is InChI=1S/C12H22N4/c1-4-5-12(7-13-8-12)6-11-14-9-15-16(11)10(2)3/h9-10,13H,4-8H2,1-3H3. The van der Waals surface area contributed by atoms with Gasteiger partial charge in [-0.25, -0.2) is 9.67 Å². The summed E-state index contributed by atoms with van der Waals surface area (Å²) in [7, 11) is 0. The third kappa shape index (κ3) is 2.12. The van der Waals surface area contributed by atoms with E-state index in [1.165, 1.54) is 12.8 Å². The molecule has 4 nitrogen and oxygen atoms in total. The van der Waals surface area contributed by atoms with E-state index >= 15 is 0 Å². The zero-order valence-corrected chi connectivity index (χ0v) is 10.5. The van der Waals surface area contributed by atoms with Crippen molar-refractivity contribution >= 4 is 0 Å². The summed E-state index contributed by atoms with van der Waals surface area (Å²) in [6.45, 7) is 8.83. The van der Waals surface area contributed by atoms with Gasteiger partial charge in [0.2, 0.25) is 0 Å². The van der Waals surface area contributed by atoms with Gasteiger partial charge in [0, 0.05) is 31.0 Å². The van der Waals surface area contributed by atoms with Crippen molar-refractivity contribution in [1.82, 2.24) is 20.1 Å². The van der Waals surface area contributed by atoms with E-state index in [0.29, 0.717) is 11.5 Å². The maximum Gasteiger partial charge on any atom is 0.138 e. The van der Waals surface area contributed by atoms with Crippen molar-refractivity contribution in [3.05, 3.63) is 12.2 Å². The van der Waals surface area contributed by atoms with Gasteiger partial charge in [-0.3, -0.25) is 0 Å². The molecule has 90 valence electrons.